The zero-order valence-corrected chi connectivity index (χ0v) is 11.7. The highest BCUT2D eigenvalue weighted by Crippen LogP contribution is 2.14. The van der Waals surface area contributed by atoms with E-state index in [2.05, 4.69) is 0 Å². The number of hydrogen-bond acceptors (Lipinski definition) is 4. The van der Waals surface area contributed by atoms with E-state index in [0.717, 1.165) is 6.42 Å². The quantitative estimate of drug-likeness (QED) is 0.392. The smallest absolute Gasteiger partial charge is 0.340 e. The highest BCUT2D eigenvalue weighted by molar-refractivity contribution is 5.87. The monoisotopic (exact) mass is 244 g/mol. The molecule has 0 saturated carbocycles. The van der Waals surface area contributed by atoms with E-state index in [9.17, 15) is 4.79 Å². The highest BCUT2D eigenvalue weighted by atomic mass is 16.7. The lowest BCUT2D eigenvalue weighted by molar-refractivity contribution is -0.140. The van der Waals surface area contributed by atoms with E-state index in [1.54, 1.807) is 6.92 Å². The Morgan fingerprint density at radius 2 is 1.53 bits per heavy atom. The molecule has 0 aromatic heterocycles. The third-order valence-electron chi connectivity index (χ3n) is 1.74. The van der Waals surface area contributed by atoms with Crippen LogP contribution in [0.3, 0.4) is 0 Å². The molecule has 0 N–H and O–H groups in total. The average Bonchev–Trinajstić information content (AvgIpc) is 2.22. The van der Waals surface area contributed by atoms with Crippen LogP contribution in [-0.2, 0) is 19.0 Å². The summed E-state index contributed by atoms with van der Waals surface area (Å²) in [4.78, 5) is 11.7. The molecule has 0 aromatic carbocycles. The van der Waals surface area contributed by atoms with Gasteiger partial charge in [-0.05, 0) is 41.0 Å². The van der Waals surface area contributed by atoms with Gasteiger partial charge in [-0.3, -0.25) is 0 Å². The summed E-state index contributed by atoms with van der Waals surface area (Å²) >= 11 is 0. The summed E-state index contributed by atoms with van der Waals surface area (Å²) in [5.41, 5.74) is 0.376. The summed E-state index contributed by atoms with van der Waals surface area (Å²) in [6.45, 7) is 11.5. The average molecular weight is 244 g/mol. The molecule has 0 unspecified atom stereocenters. The largest absolute Gasteiger partial charge is 0.462 e. The maximum atomic E-state index is 11.7. The van der Waals surface area contributed by atoms with E-state index >= 15 is 0 Å². The Morgan fingerprint density at radius 3 is 1.88 bits per heavy atom. The summed E-state index contributed by atoms with van der Waals surface area (Å²) in [5.74, 6) is -0.126. The predicted octanol–water partition coefficient (Wildman–Crippen LogP) is 3.02. The molecule has 0 rings (SSSR count). The molecule has 4 heteroatoms. The van der Waals surface area contributed by atoms with E-state index in [4.69, 9.17) is 14.2 Å². The van der Waals surface area contributed by atoms with Crippen LogP contribution < -0.4 is 0 Å². The minimum atomic E-state index is -0.386. The zero-order valence-electron chi connectivity index (χ0n) is 11.7. The van der Waals surface area contributed by atoms with Crippen LogP contribution in [0, 0.1) is 0 Å². The second kappa shape index (κ2) is 7.98. The fourth-order valence-electron chi connectivity index (χ4n) is 1.02. The van der Waals surface area contributed by atoms with Crippen LogP contribution >= 0.6 is 0 Å². The molecule has 0 fully saturated rings. The van der Waals surface area contributed by atoms with Crippen LogP contribution in [0.4, 0.5) is 0 Å². The van der Waals surface area contributed by atoms with Crippen molar-refractivity contribution in [2.45, 2.75) is 60.2 Å². The topological polar surface area (TPSA) is 44.8 Å². The van der Waals surface area contributed by atoms with Gasteiger partial charge in [0.15, 0.2) is 0 Å². The normalized spacial score (nSPS) is 10.4. The molecule has 0 bridgehead atoms. The van der Waals surface area contributed by atoms with Crippen molar-refractivity contribution in [3.8, 4) is 0 Å². The predicted molar refractivity (Wildman–Crippen MR) is 66.4 cm³/mol. The van der Waals surface area contributed by atoms with Gasteiger partial charge in [0.1, 0.15) is 5.57 Å². The lowest BCUT2D eigenvalue weighted by Gasteiger charge is -2.18. The molecule has 0 radical (unpaired) electrons. The fourth-order valence-corrected chi connectivity index (χ4v) is 1.02. The Balaban J connectivity index is 4.75. The Labute approximate surface area is 104 Å². The van der Waals surface area contributed by atoms with Crippen molar-refractivity contribution in [3.05, 3.63) is 11.5 Å². The van der Waals surface area contributed by atoms with Gasteiger partial charge >= 0.3 is 5.97 Å². The van der Waals surface area contributed by atoms with Crippen molar-refractivity contribution in [1.29, 1.82) is 0 Å². The molecule has 17 heavy (non-hydrogen) atoms. The first-order valence-corrected chi connectivity index (χ1v) is 6.09. The van der Waals surface area contributed by atoms with E-state index < -0.39 is 0 Å². The van der Waals surface area contributed by atoms with E-state index in [0.29, 0.717) is 12.2 Å². The van der Waals surface area contributed by atoms with Crippen LogP contribution in [0.25, 0.3) is 0 Å². The molecule has 0 aliphatic carbocycles. The number of esters is 1. The highest BCUT2D eigenvalue weighted by Gasteiger charge is 2.17. The molecule has 0 aliphatic heterocycles. The molecular weight excluding hydrogens is 220 g/mol. The number of rotatable bonds is 7. The van der Waals surface area contributed by atoms with Crippen molar-refractivity contribution >= 4 is 5.97 Å². The summed E-state index contributed by atoms with van der Waals surface area (Å²) in [5, 5.41) is 0. The summed E-state index contributed by atoms with van der Waals surface area (Å²) in [6.07, 6.45) is 0.708. The molecule has 0 spiro atoms. The molecule has 100 valence electrons. The maximum absolute atomic E-state index is 11.7. The van der Waals surface area contributed by atoms with Gasteiger partial charge in [-0.2, -0.15) is 0 Å². The first kappa shape index (κ1) is 15.8. The van der Waals surface area contributed by atoms with Gasteiger partial charge in [0.25, 0.3) is 5.95 Å². The van der Waals surface area contributed by atoms with Crippen molar-refractivity contribution in [2.75, 3.05) is 6.61 Å². The van der Waals surface area contributed by atoms with Crippen LogP contribution in [0.5, 0.6) is 0 Å². The molecule has 4 nitrogen and oxygen atoms in total. The maximum Gasteiger partial charge on any atom is 0.340 e. The summed E-state index contributed by atoms with van der Waals surface area (Å²) in [6, 6.07) is 0. The van der Waals surface area contributed by atoms with Crippen molar-refractivity contribution in [2.24, 2.45) is 0 Å². The van der Waals surface area contributed by atoms with Gasteiger partial charge in [-0.1, -0.05) is 6.92 Å². The van der Waals surface area contributed by atoms with Gasteiger partial charge < -0.3 is 14.2 Å². The number of carbonyl (C=O) groups excluding carboxylic acids is 1. The standard InChI is InChI=1S/C13H24O4/c1-7-8-15-12(14)11(6)13(16-9(2)3)17-10(4)5/h9-10H,7-8H2,1-6H3. The summed E-state index contributed by atoms with van der Waals surface area (Å²) in [7, 11) is 0. The fraction of sp³-hybridized carbons (Fsp3) is 0.769. The Hall–Kier alpha value is -1.19. The van der Waals surface area contributed by atoms with Crippen LogP contribution in [0.15, 0.2) is 11.5 Å². The number of carbonyl (C=O) groups is 1. The van der Waals surface area contributed by atoms with Gasteiger partial charge in [0, 0.05) is 0 Å². The van der Waals surface area contributed by atoms with E-state index in [1.807, 2.05) is 34.6 Å². The van der Waals surface area contributed by atoms with Gasteiger partial charge in [0.2, 0.25) is 0 Å². The molecule has 0 aromatic rings. The zero-order chi connectivity index (χ0) is 13.4. The van der Waals surface area contributed by atoms with Crippen LogP contribution in [-0.4, -0.2) is 24.8 Å². The first-order chi connectivity index (χ1) is 7.88. The molecule has 0 aliphatic rings. The van der Waals surface area contributed by atoms with Crippen molar-refractivity contribution in [3.63, 3.8) is 0 Å². The number of hydrogen-bond donors (Lipinski definition) is 0. The lowest BCUT2D eigenvalue weighted by Crippen LogP contribution is -2.16. The molecular formula is C13H24O4. The molecule has 0 amide bonds. The second-order valence-corrected chi connectivity index (χ2v) is 4.38. The minimum absolute atomic E-state index is 0.0438. The Morgan fingerprint density at radius 1 is 1.06 bits per heavy atom. The summed E-state index contributed by atoms with van der Waals surface area (Å²) < 4.78 is 16.0. The Bertz CT molecular complexity index is 255. The Kier molecular flexibility index (Phi) is 7.42. The second-order valence-electron chi connectivity index (χ2n) is 4.38. The third kappa shape index (κ3) is 6.87. The van der Waals surface area contributed by atoms with Crippen molar-refractivity contribution in [1.82, 2.24) is 0 Å². The SMILES string of the molecule is CCCOC(=O)C(C)=C(OC(C)C)OC(C)C. The van der Waals surface area contributed by atoms with Crippen molar-refractivity contribution < 1.29 is 19.0 Å². The lowest BCUT2D eigenvalue weighted by atomic mass is 10.3. The van der Waals surface area contributed by atoms with Crippen LogP contribution in [0.1, 0.15) is 48.0 Å². The molecule has 0 saturated heterocycles. The third-order valence-corrected chi connectivity index (χ3v) is 1.74. The van der Waals surface area contributed by atoms with E-state index in [-0.39, 0.29) is 24.1 Å². The molecule has 0 heterocycles. The minimum Gasteiger partial charge on any atom is -0.462 e. The van der Waals surface area contributed by atoms with Gasteiger partial charge in [-0.25, -0.2) is 4.79 Å². The van der Waals surface area contributed by atoms with Crippen LogP contribution in [0.2, 0.25) is 0 Å². The van der Waals surface area contributed by atoms with Gasteiger partial charge in [0.05, 0.1) is 18.8 Å². The van der Waals surface area contributed by atoms with E-state index in [1.165, 1.54) is 0 Å². The van der Waals surface area contributed by atoms with Gasteiger partial charge in [-0.15, -0.1) is 0 Å². The molecule has 0 atom stereocenters. The number of ether oxygens (including phenoxy) is 3. The first-order valence-electron chi connectivity index (χ1n) is 6.09.